The van der Waals surface area contributed by atoms with Crippen LogP contribution in [-0.4, -0.2) is 5.26 Å². The molecule has 0 aromatic carbocycles. The van der Waals surface area contributed by atoms with Gasteiger partial charge in [-0.2, -0.15) is 0 Å². The van der Waals surface area contributed by atoms with Crippen LogP contribution in [0.4, 0.5) is 0 Å². The maximum Gasteiger partial charge on any atom is 0.138 e. The smallest absolute Gasteiger partial charge is 0.138 e. The predicted molar refractivity (Wildman–Crippen MR) is 39.5 cm³/mol. The fourth-order valence-corrected chi connectivity index (χ4v) is 1.25. The van der Waals surface area contributed by atoms with Crippen LogP contribution in [-0.2, 0) is 4.89 Å². The average molecular weight is 142 g/mol. The van der Waals surface area contributed by atoms with Crippen molar-refractivity contribution in [2.24, 2.45) is 0 Å². The zero-order chi connectivity index (χ0) is 7.23. The third-order valence-electron chi connectivity index (χ3n) is 1.87. The third kappa shape index (κ3) is 2.40. The molecule has 0 atom stereocenters. The summed E-state index contributed by atoms with van der Waals surface area (Å²) in [6.45, 7) is 0. The number of hydrogen-bond donors (Lipinski definition) is 1. The summed E-state index contributed by atoms with van der Waals surface area (Å²) in [5, 5.41) is 8.34. The van der Waals surface area contributed by atoms with Crippen LogP contribution in [0.1, 0.15) is 38.5 Å². The predicted octanol–water partition coefficient (Wildman–Crippen LogP) is 2.71. The Kier molecular flexibility index (Phi) is 3.30. The molecular weight excluding hydrogens is 128 g/mol. The van der Waals surface area contributed by atoms with E-state index in [9.17, 15) is 0 Å². The maximum absolute atomic E-state index is 8.34. The molecule has 0 saturated heterocycles. The van der Waals surface area contributed by atoms with Gasteiger partial charge in [0.05, 0.1) is 0 Å². The first-order chi connectivity index (χ1) is 4.93. The Morgan fingerprint density at radius 2 is 2.00 bits per heavy atom. The first-order valence-corrected chi connectivity index (χ1v) is 3.94. The molecule has 0 unspecified atom stereocenters. The molecule has 0 spiro atoms. The standard InChI is InChI=1S/C8H14O2/c9-10-8-6-4-2-1-3-5-7-8/h6,9H,1-5,7H2. The monoisotopic (exact) mass is 142 g/mol. The normalized spacial score (nSPS) is 20.7. The van der Waals surface area contributed by atoms with Crippen LogP contribution < -0.4 is 0 Å². The Labute approximate surface area is 61.4 Å². The molecule has 58 valence electrons. The van der Waals surface area contributed by atoms with Gasteiger partial charge in [0, 0.05) is 6.42 Å². The molecule has 0 aromatic heterocycles. The van der Waals surface area contributed by atoms with Gasteiger partial charge in [-0.05, 0) is 25.3 Å². The van der Waals surface area contributed by atoms with E-state index in [-0.39, 0.29) is 0 Å². The SMILES string of the molecule is OOC1=CCCCCCC1. The molecule has 0 radical (unpaired) electrons. The van der Waals surface area contributed by atoms with Gasteiger partial charge in [0.15, 0.2) is 0 Å². The molecule has 0 amide bonds. The van der Waals surface area contributed by atoms with Gasteiger partial charge in [-0.1, -0.05) is 12.8 Å². The molecule has 0 fully saturated rings. The van der Waals surface area contributed by atoms with Gasteiger partial charge in [0.25, 0.3) is 0 Å². The van der Waals surface area contributed by atoms with Gasteiger partial charge >= 0.3 is 0 Å². The first kappa shape index (κ1) is 7.61. The van der Waals surface area contributed by atoms with Gasteiger partial charge < -0.3 is 4.89 Å². The molecule has 0 saturated carbocycles. The van der Waals surface area contributed by atoms with E-state index in [1.807, 2.05) is 6.08 Å². The summed E-state index contributed by atoms with van der Waals surface area (Å²) in [5.74, 6) is 0.750. The van der Waals surface area contributed by atoms with E-state index in [0.717, 1.165) is 25.0 Å². The summed E-state index contributed by atoms with van der Waals surface area (Å²) in [6.07, 6.45) is 8.89. The van der Waals surface area contributed by atoms with E-state index < -0.39 is 0 Å². The Morgan fingerprint density at radius 1 is 1.20 bits per heavy atom. The Bertz CT molecular complexity index is 118. The number of allylic oxidation sites excluding steroid dienone is 2. The molecule has 0 aromatic rings. The van der Waals surface area contributed by atoms with Crippen LogP contribution in [0, 0.1) is 0 Å². The van der Waals surface area contributed by atoms with Crippen molar-refractivity contribution in [3.05, 3.63) is 11.8 Å². The van der Waals surface area contributed by atoms with Gasteiger partial charge in [-0.3, -0.25) is 0 Å². The molecule has 0 heterocycles. The Hall–Kier alpha value is -0.500. The van der Waals surface area contributed by atoms with E-state index in [1.165, 1.54) is 19.3 Å². The lowest BCUT2D eigenvalue weighted by atomic mass is 10.1. The van der Waals surface area contributed by atoms with Crippen molar-refractivity contribution in [3.63, 3.8) is 0 Å². The summed E-state index contributed by atoms with van der Waals surface area (Å²) < 4.78 is 0. The molecule has 1 rings (SSSR count). The van der Waals surface area contributed by atoms with Crippen molar-refractivity contribution in [3.8, 4) is 0 Å². The highest BCUT2D eigenvalue weighted by atomic mass is 17.1. The third-order valence-corrected chi connectivity index (χ3v) is 1.87. The van der Waals surface area contributed by atoms with Crippen LogP contribution in [0.25, 0.3) is 0 Å². The fraction of sp³-hybridized carbons (Fsp3) is 0.750. The molecule has 0 aliphatic heterocycles. The average Bonchev–Trinajstić information content (AvgIpc) is 1.87. The second-order valence-electron chi connectivity index (χ2n) is 2.71. The van der Waals surface area contributed by atoms with Crippen molar-refractivity contribution in [2.45, 2.75) is 38.5 Å². The molecule has 10 heavy (non-hydrogen) atoms. The van der Waals surface area contributed by atoms with Gasteiger partial charge in [-0.15, -0.1) is 0 Å². The second-order valence-corrected chi connectivity index (χ2v) is 2.71. The van der Waals surface area contributed by atoms with Crippen molar-refractivity contribution in [2.75, 3.05) is 0 Å². The summed E-state index contributed by atoms with van der Waals surface area (Å²) >= 11 is 0. The molecular formula is C8H14O2. The van der Waals surface area contributed by atoms with Crippen LogP contribution in [0.2, 0.25) is 0 Å². The van der Waals surface area contributed by atoms with Crippen LogP contribution in [0.3, 0.4) is 0 Å². The molecule has 1 aliphatic rings. The van der Waals surface area contributed by atoms with E-state index >= 15 is 0 Å². The zero-order valence-electron chi connectivity index (χ0n) is 6.18. The van der Waals surface area contributed by atoms with Gasteiger partial charge in [-0.25, -0.2) is 5.26 Å². The summed E-state index contributed by atoms with van der Waals surface area (Å²) in [7, 11) is 0. The lowest BCUT2D eigenvalue weighted by molar-refractivity contribution is -0.206. The summed E-state index contributed by atoms with van der Waals surface area (Å²) in [5.41, 5.74) is 0. The van der Waals surface area contributed by atoms with Crippen LogP contribution in [0.5, 0.6) is 0 Å². The highest BCUT2D eigenvalue weighted by Gasteiger charge is 2.01. The van der Waals surface area contributed by atoms with Gasteiger partial charge in [0.2, 0.25) is 0 Å². The quantitative estimate of drug-likeness (QED) is 0.450. The van der Waals surface area contributed by atoms with Crippen LogP contribution in [0.15, 0.2) is 11.8 Å². The van der Waals surface area contributed by atoms with E-state index in [4.69, 9.17) is 5.26 Å². The summed E-state index contributed by atoms with van der Waals surface area (Å²) in [6, 6.07) is 0. The zero-order valence-corrected chi connectivity index (χ0v) is 6.18. The topological polar surface area (TPSA) is 29.5 Å². The highest BCUT2D eigenvalue weighted by Crippen LogP contribution is 2.16. The summed E-state index contributed by atoms with van der Waals surface area (Å²) in [4.78, 5) is 4.19. The van der Waals surface area contributed by atoms with E-state index in [2.05, 4.69) is 4.89 Å². The number of rotatable bonds is 1. The van der Waals surface area contributed by atoms with Crippen molar-refractivity contribution in [1.82, 2.24) is 0 Å². The highest BCUT2D eigenvalue weighted by molar-refractivity contribution is 4.92. The van der Waals surface area contributed by atoms with Crippen molar-refractivity contribution < 1.29 is 10.1 Å². The van der Waals surface area contributed by atoms with Crippen LogP contribution >= 0.6 is 0 Å². The Balaban J connectivity index is 2.35. The lowest BCUT2D eigenvalue weighted by Gasteiger charge is -2.06. The minimum absolute atomic E-state index is 0.750. The molecule has 2 nitrogen and oxygen atoms in total. The first-order valence-electron chi connectivity index (χ1n) is 3.94. The fourth-order valence-electron chi connectivity index (χ4n) is 1.25. The lowest BCUT2D eigenvalue weighted by Crippen LogP contribution is -1.91. The molecule has 2 heteroatoms. The van der Waals surface area contributed by atoms with Gasteiger partial charge in [0.1, 0.15) is 5.76 Å². The van der Waals surface area contributed by atoms with E-state index in [1.54, 1.807) is 0 Å². The van der Waals surface area contributed by atoms with Crippen molar-refractivity contribution >= 4 is 0 Å². The number of hydrogen-bond acceptors (Lipinski definition) is 2. The minimum atomic E-state index is 0.750. The maximum atomic E-state index is 8.34. The molecule has 1 N–H and O–H groups in total. The van der Waals surface area contributed by atoms with E-state index in [0.29, 0.717) is 0 Å². The second kappa shape index (κ2) is 4.34. The molecule has 1 aliphatic carbocycles. The Morgan fingerprint density at radius 3 is 2.80 bits per heavy atom. The molecule has 0 bridgehead atoms. The minimum Gasteiger partial charge on any atom is -0.345 e. The van der Waals surface area contributed by atoms with Crippen molar-refractivity contribution in [1.29, 1.82) is 0 Å². The largest absolute Gasteiger partial charge is 0.345 e.